The smallest absolute Gasteiger partial charge is 0.416 e. The van der Waals surface area contributed by atoms with Crippen LogP contribution in [0.1, 0.15) is 17.2 Å². The molecule has 0 heterocycles. The average Bonchev–Trinajstić information content (AvgIpc) is 2.19. The van der Waals surface area contributed by atoms with Crippen molar-refractivity contribution in [3.8, 4) is 5.75 Å². The van der Waals surface area contributed by atoms with E-state index in [0.717, 1.165) is 0 Å². The quantitative estimate of drug-likeness (QED) is 0.686. The maximum Gasteiger partial charge on any atom is 0.416 e. The summed E-state index contributed by atoms with van der Waals surface area (Å²) < 4.78 is 50.3. The summed E-state index contributed by atoms with van der Waals surface area (Å²) in [4.78, 5) is 0. The Kier molecular flexibility index (Phi) is 3.39. The van der Waals surface area contributed by atoms with Gasteiger partial charge in [0.25, 0.3) is 0 Å². The van der Waals surface area contributed by atoms with Crippen LogP contribution in [0.4, 0.5) is 17.6 Å². The molecule has 7 heteroatoms. The molecule has 0 unspecified atom stereocenters. The number of aliphatic hydroxyl groups excluding tert-OH is 1. The molecule has 0 amide bonds. The Morgan fingerprint density at radius 1 is 1.31 bits per heavy atom. The molecular weight excluding hydrogens is 230 g/mol. The first kappa shape index (κ1) is 12.7. The first-order valence-corrected chi connectivity index (χ1v) is 4.24. The van der Waals surface area contributed by atoms with Crippen LogP contribution in [0.15, 0.2) is 12.1 Å². The van der Waals surface area contributed by atoms with Gasteiger partial charge in [-0.3, -0.25) is 0 Å². The summed E-state index contributed by atoms with van der Waals surface area (Å²) in [6.45, 7) is -0.833. The highest BCUT2D eigenvalue weighted by Gasteiger charge is 2.36. The predicted molar refractivity (Wildman–Crippen MR) is 47.1 cm³/mol. The number of nitrogens with two attached hydrogens (primary N) is 1. The van der Waals surface area contributed by atoms with E-state index in [0.29, 0.717) is 12.1 Å². The van der Waals surface area contributed by atoms with Crippen LogP contribution in [0, 0.1) is 5.82 Å². The van der Waals surface area contributed by atoms with Crippen LogP contribution in [-0.2, 0) is 6.18 Å². The number of benzene rings is 1. The first-order chi connectivity index (χ1) is 7.29. The van der Waals surface area contributed by atoms with Crippen molar-refractivity contribution in [1.29, 1.82) is 0 Å². The van der Waals surface area contributed by atoms with Crippen LogP contribution >= 0.6 is 0 Å². The van der Waals surface area contributed by atoms with Crippen molar-refractivity contribution in [2.45, 2.75) is 12.2 Å². The van der Waals surface area contributed by atoms with Gasteiger partial charge in [-0.1, -0.05) is 0 Å². The van der Waals surface area contributed by atoms with Crippen molar-refractivity contribution < 1.29 is 27.8 Å². The van der Waals surface area contributed by atoms with Gasteiger partial charge in [0.15, 0.2) is 11.6 Å². The van der Waals surface area contributed by atoms with E-state index in [-0.39, 0.29) is 0 Å². The molecule has 1 aromatic rings. The van der Waals surface area contributed by atoms with E-state index in [1.807, 2.05) is 0 Å². The Morgan fingerprint density at radius 2 is 1.88 bits per heavy atom. The minimum Gasteiger partial charge on any atom is -0.505 e. The molecule has 1 aromatic carbocycles. The molecule has 1 rings (SSSR count). The molecule has 0 aliphatic heterocycles. The number of aliphatic hydroxyl groups is 1. The highest BCUT2D eigenvalue weighted by molar-refractivity contribution is 5.44. The molecule has 0 radical (unpaired) electrons. The number of hydrogen-bond acceptors (Lipinski definition) is 3. The summed E-state index contributed by atoms with van der Waals surface area (Å²) >= 11 is 0. The number of hydrogen-bond donors (Lipinski definition) is 3. The summed E-state index contributed by atoms with van der Waals surface area (Å²) in [6, 6.07) is -0.529. The minimum atomic E-state index is -4.77. The molecule has 4 N–H and O–H groups in total. The van der Waals surface area contributed by atoms with Crippen molar-refractivity contribution in [2.24, 2.45) is 5.73 Å². The van der Waals surface area contributed by atoms with Gasteiger partial charge in [-0.05, 0) is 12.1 Å². The molecule has 0 fully saturated rings. The Morgan fingerprint density at radius 3 is 2.31 bits per heavy atom. The molecule has 0 saturated carbocycles. The second kappa shape index (κ2) is 4.26. The molecule has 3 nitrogen and oxygen atoms in total. The van der Waals surface area contributed by atoms with Crippen molar-refractivity contribution in [1.82, 2.24) is 0 Å². The third-order valence-electron chi connectivity index (χ3n) is 2.04. The number of phenolic OH excluding ortho intramolecular Hbond substituents is 1. The maximum absolute atomic E-state index is 12.9. The van der Waals surface area contributed by atoms with Crippen LogP contribution in [-0.4, -0.2) is 16.8 Å². The number of aromatic hydroxyl groups is 1. The standard InChI is InChI=1S/C9H9F4NO2/c10-5-2-1-4(9(11,12)13)7(8(5)16)6(14)3-15/h1-2,6,15-16H,3,14H2/t6-/m1/s1. The van der Waals surface area contributed by atoms with E-state index >= 15 is 0 Å². The largest absolute Gasteiger partial charge is 0.505 e. The minimum absolute atomic E-state index is 0.472. The lowest BCUT2D eigenvalue weighted by Gasteiger charge is -2.18. The van der Waals surface area contributed by atoms with Gasteiger partial charge >= 0.3 is 6.18 Å². The molecule has 0 bridgehead atoms. The highest BCUT2D eigenvalue weighted by atomic mass is 19.4. The fourth-order valence-corrected chi connectivity index (χ4v) is 1.30. The summed E-state index contributed by atoms with van der Waals surface area (Å²) in [5.41, 5.74) is 3.09. The van der Waals surface area contributed by atoms with E-state index in [4.69, 9.17) is 10.8 Å². The van der Waals surface area contributed by atoms with Crippen LogP contribution in [0.5, 0.6) is 5.75 Å². The van der Waals surface area contributed by atoms with Crippen molar-refractivity contribution >= 4 is 0 Å². The average molecular weight is 239 g/mol. The molecule has 0 aliphatic carbocycles. The number of rotatable bonds is 2. The van der Waals surface area contributed by atoms with Gasteiger partial charge in [-0.15, -0.1) is 0 Å². The monoisotopic (exact) mass is 239 g/mol. The summed E-state index contributed by atoms with van der Waals surface area (Å²) in [7, 11) is 0. The van der Waals surface area contributed by atoms with Crippen LogP contribution in [0.25, 0.3) is 0 Å². The number of alkyl halides is 3. The highest BCUT2D eigenvalue weighted by Crippen LogP contribution is 2.39. The Bertz CT molecular complexity index is 392. The van der Waals surface area contributed by atoms with E-state index in [1.54, 1.807) is 0 Å². The van der Waals surface area contributed by atoms with Gasteiger partial charge in [0.2, 0.25) is 0 Å². The molecule has 1 atom stereocenters. The Balaban J connectivity index is 3.45. The SMILES string of the molecule is N[C@H](CO)c1c(C(F)(F)F)ccc(F)c1O. The number of phenols is 1. The molecule has 0 aliphatic rings. The van der Waals surface area contributed by atoms with E-state index in [1.165, 1.54) is 0 Å². The molecule has 16 heavy (non-hydrogen) atoms. The fourth-order valence-electron chi connectivity index (χ4n) is 1.30. The van der Waals surface area contributed by atoms with Crippen LogP contribution < -0.4 is 5.73 Å². The topological polar surface area (TPSA) is 66.5 Å². The molecule has 0 saturated heterocycles. The summed E-state index contributed by atoms with van der Waals surface area (Å²) in [6.07, 6.45) is -4.77. The predicted octanol–water partition coefficient (Wildman–Crippen LogP) is 1.54. The Hall–Kier alpha value is -1.34. The number of halogens is 4. The zero-order valence-corrected chi connectivity index (χ0v) is 7.92. The van der Waals surface area contributed by atoms with E-state index in [2.05, 4.69) is 0 Å². The second-order valence-corrected chi connectivity index (χ2v) is 3.14. The lowest BCUT2D eigenvalue weighted by Crippen LogP contribution is -2.20. The van der Waals surface area contributed by atoms with Gasteiger partial charge < -0.3 is 15.9 Å². The van der Waals surface area contributed by atoms with Gasteiger partial charge in [0.05, 0.1) is 18.2 Å². The third kappa shape index (κ3) is 2.25. The third-order valence-corrected chi connectivity index (χ3v) is 2.04. The van der Waals surface area contributed by atoms with E-state index < -0.39 is 41.5 Å². The van der Waals surface area contributed by atoms with Crippen molar-refractivity contribution in [2.75, 3.05) is 6.61 Å². The zero-order chi connectivity index (χ0) is 12.5. The van der Waals surface area contributed by atoms with E-state index in [9.17, 15) is 22.7 Å². The molecular formula is C9H9F4NO2. The molecule has 0 spiro atoms. The lowest BCUT2D eigenvalue weighted by atomic mass is 9.99. The molecule has 90 valence electrons. The van der Waals surface area contributed by atoms with Gasteiger partial charge in [0.1, 0.15) is 0 Å². The van der Waals surface area contributed by atoms with Gasteiger partial charge in [-0.2, -0.15) is 13.2 Å². The second-order valence-electron chi connectivity index (χ2n) is 3.14. The van der Waals surface area contributed by atoms with Gasteiger partial charge in [0, 0.05) is 5.56 Å². The zero-order valence-electron chi connectivity index (χ0n) is 7.92. The Labute approximate surface area is 88.1 Å². The normalized spacial score (nSPS) is 13.9. The van der Waals surface area contributed by atoms with Crippen molar-refractivity contribution in [3.05, 3.63) is 29.1 Å². The maximum atomic E-state index is 12.9. The van der Waals surface area contributed by atoms with Crippen LogP contribution in [0.2, 0.25) is 0 Å². The summed E-state index contributed by atoms with van der Waals surface area (Å²) in [5, 5.41) is 17.8. The van der Waals surface area contributed by atoms with Gasteiger partial charge in [-0.25, -0.2) is 4.39 Å². The van der Waals surface area contributed by atoms with Crippen molar-refractivity contribution in [3.63, 3.8) is 0 Å². The molecule has 0 aromatic heterocycles. The lowest BCUT2D eigenvalue weighted by molar-refractivity contribution is -0.138. The fraction of sp³-hybridized carbons (Fsp3) is 0.333. The first-order valence-electron chi connectivity index (χ1n) is 4.24. The summed E-state index contributed by atoms with van der Waals surface area (Å²) in [5.74, 6) is -2.40. The van der Waals surface area contributed by atoms with Crippen LogP contribution in [0.3, 0.4) is 0 Å².